The maximum Gasteiger partial charge on any atom is 0.472 e. The van der Waals surface area contributed by atoms with E-state index < -0.39 is 20.0 Å². The highest BCUT2D eigenvalue weighted by Crippen LogP contribution is 2.43. The van der Waals surface area contributed by atoms with Crippen molar-refractivity contribution in [2.75, 3.05) is 40.9 Å². The van der Waals surface area contributed by atoms with E-state index in [0.29, 0.717) is 17.4 Å². The number of quaternary nitrogens is 1. The minimum Gasteiger partial charge on any atom is -0.387 e. The summed E-state index contributed by atoms with van der Waals surface area (Å²) < 4.78 is 23.6. The zero-order chi connectivity index (χ0) is 43.6. The number of unbranched alkanes of at least 4 members (excludes halogenated alkanes) is 28. The van der Waals surface area contributed by atoms with E-state index in [1.54, 1.807) is 6.08 Å². The van der Waals surface area contributed by atoms with E-state index in [1.165, 1.54) is 167 Å². The Kier molecular flexibility index (Phi) is 41.1. The fraction of sp³-hybridized carbons (Fsp3) is 0.860. The third kappa shape index (κ3) is 44.6. The van der Waals surface area contributed by atoms with Crippen LogP contribution in [0.1, 0.15) is 226 Å². The van der Waals surface area contributed by atoms with Crippen LogP contribution in [0, 0.1) is 0 Å². The minimum absolute atomic E-state index is 0.0556. The standard InChI is InChI=1S/C50H97N2O6P/c1-6-8-10-12-14-16-18-20-22-24-25-26-28-29-31-33-35-37-39-41-43-49(53)48(47-58-59(55,56)57-46-45-52(3,4)5)51-50(54)44-42-40-38-36-34-32-30-27-23-21-19-17-15-13-11-9-7-2/h21,23,33,35,41,43,48-49,53H,6-20,22,24-32,34,36-40,42,44-47H2,1-5H3,(H-,51,54,55,56)/p+1/b23-21-,35-33+,43-41+. The van der Waals surface area contributed by atoms with Crippen molar-refractivity contribution in [1.82, 2.24) is 5.32 Å². The molecular weight excluding hydrogens is 756 g/mol. The van der Waals surface area contributed by atoms with Crippen LogP contribution in [-0.2, 0) is 18.4 Å². The lowest BCUT2D eigenvalue weighted by Crippen LogP contribution is -2.45. The van der Waals surface area contributed by atoms with Gasteiger partial charge in [0.2, 0.25) is 5.91 Å². The van der Waals surface area contributed by atoms with Crippen LogP contribution in [0.25, 0.3) is 0 Å². The molecule has 0 bridgehead atoms. The highest BCUT2D eigenvalue weighted by molar-refractivity contribution is 7.47. The quantitative estimate of drug-likeness (QED) is 0.0244. The first-order valence-corrected chi connectivity index (χ1v) is 26.4. The van der Waals surface area contributed by atoms with Crippen LogP contribution in [0.4, 0.5) is 0 Å². The van der Waals surface area contributed by atoms with Gasteiger partial charge in [0.25, 0.3) is 0 Å². The van der Waals surface area contributed by atoms with E-state index in [0.717, 1.165) is 38.5 Å². The molecule has 0 aliphatic rings. The number of likely N-dealkylation sites (N-methyl/N-ethyl adjacent to an activating group) is 1. The number of rotatable bonds is 45. The van der Waals surface area contributed by atoms with Crippen LogP contribution in [0.2, 0.25) is 0 Å². The average molecular weight is 854 g/mol. The van der Waals surface area contributed by atoms with E-state index in [2.05, 4.69) is 43.5 Å². The summed E-state index contributed by atoms with van der Waals surface area (Å²) in [6, 6.07) is -0.864. The second-order valence-electron chi connectivity index (χ2n) is 18.2. The molecule has 0 aliphatic heterocycles. The molecule has 3 unspecified atom stereocenters. The van der Waals surface area contributed by atoms with E-state index in [4.69, 9.17) is 9.05 Å². The number of amides is 1. The molecule has 3 N–H and O–H groups in total. The van der Waals surface area contributed by atoms with Crippen molar-refractivity contribution >= 4 is 13.7 Å². The molecule has 0 rings (SSSR count). The van der Waals surface area contributed by atoms with Crippen molar-refractivity contribution in [1.29, 1.82) is 0 Å². The van der Waals surface area contributed by atoms with Gasteiger partial charge in [0.1, 0.15) is 13.2 Å². The summed E-state index contributed by atoms with van der Waals surface area (Å²) in [5.74, 6) is -0.191. The Labute approximate surface area is 366 Å². The maximum absolute atomic E-state index is 12.9. The van der Waals surface area contributed by atoms with Gasteiger partial charge in [0.05, 0.1) is 39.9 Å². The smallest absolute Gasteiger partial charge is 0.387 e. The molecule has 3 atom stereocenters. The van der Waals surface area contributed by atoms with Crippen molar-refractivity contribution in [2.45, 2.75) is 238 Å². The van der Waals surface area contributed by atoms with Crippen LogP contribution in [0.15, 0.2) is 36.5 Å². The van der Waals surface area contributed by atoms with Gasteiger partial charge >= 0.3 is 7.82 Å². The molecule has 0 heterocycles. The summed E-state index contributed by atoms with van der Waals surface area (Å²) in [7, 11) is 1.55. The first-order chi connectivity index (χ1) is 28.5. The number of hydrogen-bond acceptors (Lipinski definition) is 5. The molecule has 0 aliphatic carbocycles. The van der Waals surface area contributed by atoms with Gasteiger partial charge in [0.15, 0.2) is 0 Å². The second kappa shape index (κ2) is 42.0. The van der Waals surface area contributed by atoms with Gasteiger partial charge in [-0.1, -0.05) is 198 Å². The molecule has 0 radical (unpaired) electrons. The van der Waals surface area contributed by atoms with Crippen molar-refractivity contribution in [3.05, 3.63) is 36.5 Å². The predicted molar refractivity (Wildman–Crippen MR) is 254 cm³/mol. The number of allylic oxidation sites excluding steroid dienone is 5. The van der Waals surface area contributed by atoms with Crippen LogP contribution in [0.3, 0.4) is 0 Å². The lowest BCUT2D eigenvalue weighted by Gasteiger charge is -2.25. The largest absolute Gasteiger partial charge is 0.472 e. The van der Waals surface area contributed by atoms with Gasteiger partial charge in [-0.05, 0) is 57.8 Å². The molecule has 0 aromatic carbocycles. The summed E-state index contributed by atoms with van der Waals surface area (Å²) in [6.45, 7) is 4.80. The van der Waals surface area contributed by atoms with Gasteiger partial charge in [-0.2, -0.15) is 0 Å². The van der Waals surface area contributed by atoms with Crippen molar-refractivity contribution in [3.8, 4) is 0 Å². The summed E-state index contributed by atoms with van der Waals surface area (Å²) in [5, 5.41) is 13.9. The highest BCUT2D eigenvalue weighted by atomic mass is 31.2. The second-order valence-corrected chi connectivity index (χ2v) is 19.6. The molecular formula is C50H98N2O6P+. The zero-order valence-electron chi connectivity index (χ0n) is 39.5. The van der Waals surface area contributed by atoms with Gasteiger partial charge in [-0.3, -0.25) is 13.8 Å². The van der Waals surface area contributed by atoms with Crippen molar-refractivity contribution < 1.29 is 32.9 Å². The Morgan fingerprint density at radius 3 is 1.36 bits per heavy atom. The molecule has 0 fully saturated rings. The van der Waals surface area contributed by atoms with Crippen molar-refractivity contribution in [2.24, 2.45) is 0 Å². The zero-order valence-corrected chi connectivity index (χ0v) is 40.4. The topological polar surface area (TPSA) is 105 Å². The number of nitrogens with one attached hydrogen (secondary N) is 1. The van der Waals surface area contributed by atoms with Gasteiger partial charge in [-0.15, -0.1) is 0 Å². The van der Waals surface area contributed by atoms with E-state index in [1.807, 2.05) is 27.2 Å². The number of phosphoric ester groups is 1. The normalized spacial score (nSPS) is 14.5. The Bertz CT molecular complexity index is 1060. The molecule has 9 heteroatoms. The molecule has 0 spiro atoms. The number of aliphatic hydroxyl groups excluding tert-OH is 1. The van der Waals surface area contributed by atoms with Gasteiger partial charge in [0, 0.05) is 6.42 Å². The fourth-order valence-electron chi connectivity index (χ4n) is 7.11. The Morgan fingerprint density at radius 2 is 0.932 bits per heavy atom. The molecule has 0 aromatic heterocycles. The molecule has 0 saturated carbocycles. The number of aliphatic hydroxyl groups is 1. The van der Waals surface area contributed by atoms with E-state index >= 15 is 0 Å². The first kappa shape index (κ1) is 57.7. The molecule has 0 aromatic rings. The van der Waals surface area contributed by atoms with Crippen molar-refractivity contribution in [3.63, 3.8) is 0 Å². The first-order valence-electron chi connectivity index (χ1n) is 24.9. The number of hydrogen-bond donors (Lipinski definition) is 3. The third-order valence-electron chi connectivity index (χ3n) is 11.1. The average Bonchev–Trinajstić information content (AvgIpc) is 3.19. The fourth-order valence-corrected chi connectivity index (χ4v) is 7.85. The predicted octanol–water partition coefficient (Wildman–Crippen LogP) is 14.3. The van der Waals surface area contributed by atoms with Crippen LogP contribution < -0.4 is 5.32 Å². The minimum atomic E-state index is -4.35. The molecule has 348 valence electrons. The third-order valence-corrected chi connectivity index (χ3v) is 12.1. The van der Waals surface area contributed by atoms with E-state index in [9.17, 15) is 19.4 Å². The Morgan fingerprint density at radius 1 is 0.559 bits per heavy atom. The Balaban J connectivity index is 4.39. The molecule has 8 nitrogen and oxygen atoms in total. The monoisotopic (exact) mass is 854 g/mol. The summed E-state index contributed by atoms with van der Waals surface area (Å²) in [4.78, 5) is 23.2. The lowest BCUT2D eigenvalue weighted by molar-refractivity contribution is -0.870. The highest BCUT2D eigenvalue weighted by Gasteiger charge is 2.27. The SMILES string of the molecule is CCCCCCCC/C=C\CCCCCCCCCC(=O)NC(COP(=O)(O)OCC[N+](C)(C)C)C(O)/C=C/CC/C=C/CCCCCCCCCCCCCCCC. The Hall–Kier alpha value is -1.28. The maximum atomic E-state index is 12.9. The van der Waals surface area contributed by atoms with Gasteiger partial charge < -0.3 is 19.8 Å². The lowest BCUT2D eigenvalue weighted by atomic mass is 10.0. The van der Waals surface area contributed by atoms with Crippen LogP contribution in [-0.4, -0.2) is 73.4 Å². The molecule has 1 amide bonds. The van der Waals surface area contributed by atoms with Gasteiger partial charge in [-0.25, -0.2) is 4.57 Å². The van der Waals surface area contributed by atoms with E-state index in [-0.39, 0.29) is 19.1 Å². The number of phosphoric acid groups is 1. The number of nitrogens with zero attached hydrogens (tertiary/aromatic N) is 1. The molecule has 0 saturated heterocycles. The van der Waals surface area contributed by atoms with Crippen LogP contribution in [0.5, 0.6) is 0 Å². The number of carbonyl (C=O) groups excluding carboxylic acids is 1. The molecule has 59 heavy (non-hydrogen) atoms. The summed E-state index contributed by atoms with van der Waals surface area (Å²) in [5.41, 5.74) is 0. The number of carbonyl (C=O) groups is 1. The summed E-state index contributed by atoms with van der Waals surface area (Å²) >= 11 is 0. The van der Waals surface area contributed by atoms with Crippen LogP contribution >= 0.6 is 7.82 Å². The summed E-state index contributed by atoms with van der Waals surface area (Å²) in [6.07, 6.45) is 52.2.